The van der Waals surface area contributed by atoms with Crippen molar-refractivity contribution < 1.29 is 14.3 Å². The first kappa shape index (κ1) is 13.8. The van der Waals surface area contributed by atoms with Crippen LogP contribution in [0.5, 0.6) is 0 Å². The molecule has 0 aliphatic heterocycles. The Balaban J connectivity index is 2.23. The maximum absolute atomic E-state index is 14.2. The SMILES string of the molecule is CCC(F)c1sc(C(=O)O)cc1-c1cnn2ccccc12. The predicted molar refractivity (Wildman–Crippen MR) is 79.6 cm³/mol. The number of carboxylic acid groups (broad SMARTS) is 1. The number of pyridine rings is 1. The normalized spacial score (nSPS) is 12.7. The third-order valence-corrected chi connectivity index (χ3v) is 4.54. The number of nitrogens with zero attached hydrogens (tertiary/aromatic N) is 2. The van der Waals surface area contributed by atoms with E-state index in [1.807, 2.05) is 18.2 Å². The molecular formula is C15H13FN2O2S. The summed E-state index contributed by atoms with van der Waals surface area (Å²) in [5, 5.41) is 13.4. The number of aromatic nitrogens is 2. The molecule has 0 aromatic carbocycles. The average molecular weight is 304 g/mol. The van der Waals surface area contributed by atoms with Gasteiger partial charge >= 0.3 is 5.97 Å². The highest BCUT2D eigenvalue weighted by Crippen LogP contribution is 2.40. The van der Waals surface area contributed by atoms with Crippen molar-refractivity contribution in [2.45, 2.75) is 19.5 Å². The zero-order chi connectivity index (χ0) is 15.0. The van der Waals surface area contributed by atoms with Crippen LogP contribution >= 0.6 is 11.3 Å². The molecule has 0 amide bonds. The van der Waals surface area contributed by atoms with Gasteiger partial charge in [-0.05, 0) is 24.6 Å². The van der Waals surface area contributed by atoms with Crippen molar-refractivity contribution in [1.82, 2.24) is 9.61 Å². The number of hydrogen-bond donors (Lipinski definition) is 1. The maximum Gasteiger partial charge on any atom is 0.345 e. The third-order valence-electron chi connectivity index (χ3n) is 3.33. The largest absolute Gasteiger partial charge is 0.477 e. The van der Waals surface area contributed by atoms with Crippen molar-refractivity contribution in [3.63, 3.8) is 0 Å². The number of rotatable bonds is 4. The molecule has 0 aliphatic rings. The van der Waals surface area contributed by atoms with E-state index >= 15 is 0 Å². The summed E-state index contributed by atoms with van der Waals surface area (Å²) < 4.78 is 15.9. The lowest BCUT2D eigenvalue weighted by Gasteiger charge is -2.05. The van der Waals surface area contributed by atoms with Gasteiger partial charge in [0.05, 0.1) is 11.7 Å². The van der Waals surface area contributed by atoms with Crippen LogP contribution < -0.4 is 0 Å². The predicted octanol–water partition coefficient (Wildman–Crippen LogP) is 4.18. The summed E-state index contributed by atoms with van der Waals surface area (Å²) in [6.07, 6.45) is 2.59. The molecule has 21 heavy (non-hydrogen) atoms. The second-order valence-corrected chi connectivity index (χ2v) is 5.74. The fourth-order valence-electron chi connectivity index (χ4n) is 2.28. The van der Waals surface area contributed by atoms with Gasteiger partial charge in [-0.25, -0.2) is 13.7 Å². The van der Waals surface area contributed by atoms with Gasteiger partial charge in [-0.15, -0.1) is 11.3 Å². The Morgan fingerprint density at radius 3 is 3.00 bits per heavy atom. The summed E-state index contributed by atoms with van der Waals surface area (Å²) in [4.78, 5) is 11.8. The van der Waals surface area contributed by atoms with Gasteiger partial charge in [0.1, 0.15) is 11.0 Å². The molecular weight excluding hydrogens is 291 g/mol. The summed E-state index contributed by atoms with van der Waals surface area (Å²) in [6.45, 7) is 1.74. The molecule has 1 atom stereocenters. The van der Waals surface area contributed by atoms with Crippen molar-refractivity contribution >= 4 is 22.8 Å². The summed E-state index contributed by atoms with van der Waals surface area (Å²) in [6, 6.07) is 7.14. The number of thiophene rings is 1. The quantitative estimate of drug-likeness (QED) is 0.786. The molecule has 3 aromatic rings. The molecule has 0 bridgehead atoms. The van der Waals surface area contributed by atoms with Crippen LogP contribution in [0.3, 0.4) is 0 Å². The molecule has 1 unspecified atom stereocenters. The van der Waals surface area contributed by atoms with Crippen LogP contribution in [0.1, 0.15) is 34.1 Å². The van der Waals surface area contributed by atoms with Crippen LogP contribution in [0.4, 0.5) is 4.39 Å². The minimum absolute atomic E-state index is 0.145. The van der Waals surface area contributed by atoms with E-state index in [0.717, 1.165) is 22.4 Å². The van der Waals surface area contributed by atoms with Crippen molar-refractivity contribution in [1.29, 1.82) is 0 Å². The first-order valence-corrected chi connectivity index (χ1v) is 7.37. The van der Waals surface area contributed by atoms with Gasteiger partial charge in [-0.2, -0.15) is 5.10 Å². The lowest BCUT2D eigenvalue weighted by atomic mass is 10.0. The molecule has 1 N–H and O–H groups in total. The zero-order valence-electron chi connectivity index (χ0n) is 11.3. The van der Waals surface area contributed by atoms with Crippen LogP contribution in [0.2, 0.25) is 0 Å². The Morgan fingerprint density at radius 1 is 1.48 bits per heavy atom. The van der Waals surface area contributed by atoms with Crippen LogP contribution in [0, 0.1) is 0 Å². The van der Waals surface area contributed by atoms with E-state index in [1.54, 1.807) is 23.8 Å². The third kappa shape index (κ3) is 2.31. The molecule has 0 saturated heterocycles. The summed E-state index contributed by atoms with van der Waals surface area (Å²) >= 11 is 0.996. The first-order valence-electron chi connectivity index (χ1n) is 6.55. The molecule has 3 rings (SSSR count). The summed E-state index contributed by atoms with van der Waals surface area (Å²) in [7, 11) is 0. The van der Waals surface area contributed by atoms with Crippen LogP contribution in [-0.4, -0.2) is 20.7 Å². The van der Waals surface area contributed by atoms with Crippen molar-refractivity contribution in [3.05, 3.63) is 46.4 Å². The molecule has 6 heteroatoms. The average Bonchev–Trinajstić information content (AvgIpc) is 3.10. The first-order chi connectivity index (χ1) is 10.1. The fourth-order valence-corrected chi connectivity index (χ4v) is 3.36. The molecule has 3 heterocycles. The Bertz CT molecular complexity index is 809. The molecule has 0 fully saturated rings. The lowest BCUT2D eigenvalue weighted by molar-refractivity contribution is 0.0702. The fraction of sp³-hybridized carbons (Fsp3) is 0.200. The van der Waals surface area contributed by atoms with E-state index in [4.69, 9.17) is 5.11 Å². The highest BCUT2D eigenvalue weighted by atomic mass is 32.1. The van der Waals surface area contributed by atoms with E-state index in [-0.39, 0.29) is 4.88 Å². The van der Waals surface area contributed by atoms with E-state index in [2.05, 4.69) is 5.10 Å². The van der Waals surface area contributed by atoms with Crippen LogP contribution in [0.25, 0.3) is 16.6 Å². The van der Waals surface area contributed by atoms with E-state index in [1.165, 1.54) is 6.07 Å². The number of alkyl halides is 1. The Morgan fingerprint density at radius 2 is 2.29 bits per heavy atom. The molecule has 0 saturated carbocycles. The number of carbonyl (C=O) groups is 1. The monoisotopic (exact) mass is 304 g/mol. The second kappa shape index (κ2) is 5.29. The van der Waals surface area contributed by atoms with Gasteiger partial charge in [0.15, 0.2) is 0 Å². The Kier molecular flexibility index (Phi) is 3.47. The van der Waals surface area contributed by atoms with Gasteiger partial charge < -0.3 is 5.11 Å². The number of aromatic carboxylic acids is 1. The number of hydrogen-bond acceptors (Lipinski definition) is 3. The topological polar surface area (TPSA) is 54.6 Å². The Hall–Kier alpha value is -2.21. The minimum Gasteiger partial charge on any atom is -0.477 e. The van der Waals surface area contributed by atoms with Gasteiger partial charge in [-0.3, -0.25) is 0 Å². The second-order valence-electron chi connectivity index (χ2n) is 4.66. The highest BCUT2D eigenvalue weighted by molar-refractivity contribution is 7.14. The molecule has 0 aliphatic carbocycles. The number of carboxylic acids is 1. The Labute approximate surface area is 124 Å². The van der Waals surface area contributed by atoms with Crippen molar-refractivity contribution in [3.8, 4) is 11.1 Å². The zero-order valence-corrected chi connectivity index (χ0v) is 12.1. The van der Waals surface area contributed by atoms with Gasteiger partial charge in [0, 0.05) is 22.2 Å². The summed E-state index contributed by atoms with van der Waals surface area (Å²) in [5.41, 5.74) is 2.20. The van der Waals surface area contributed by atoms with E-state index < -0.39 is 12.1 Å². The van der Waals surface area contributed by atoms with Crippen molar-refractivity contribution in [2.75, 3.05) is 0 Å². The summed E-state index contributed by atoms with van der Waals surface area (Å²) in [5.74, 6) is -1.03. The standard InChI is InChI=1S/C15H13FN2O2S/c1-2-11(16)14-9(7-13(21-14)15(19)20)10-8-17-18-6-4-3-5-12(10)18/h3-8,11H,2H2,1H3,(H,19,20). The maximum atomic E-state index is 14.2. The van der Waals surface area contributed by atoms with Gasteiger partial charge in [0.25, 0.3) is 0 Å². The van der Waals surface area contributed by atoms with Crippen LogP contribution in [-0.2, 0) is 0 Å². The molecule has 0 spiro atoms. The lowest BCUT2D eigenvalue weighted by Crippen LogP contribution is -1.89. The smallest absolute Gasteiger partial charge is 0.345 e. The molecule has 108 valence electrons. The highest BCUT2D eigenvalue weighted by Gasteiger charge is 2.22. The number of fused-ring (bicyclic) bond motifs is 1. The molecule has 0 radical (unpaired) electrons. The molecule has 3 aromatic heterocycles. The van der Waals surface area contributed by atoms with Crippen LogP contribution in [0.15, 0.2) is 36.7 Å². The van der Waals surface area contributed by atoms with E-state index in [9.17, 15) is 9.18 Å². The molecule has 4 nitrogen and oxygen atoms in total. The van der Waals surface area contributed by atoms with E-state index in [0.29, 0.717) is 16.9 Å². The van der Waals surface area contributed by atoms with Gasteiger partial charge in [0.2, 0.25) is 0 Å². The van der Waals surface area contributed by atoms with Gasteiger partial charge in [-0.1, -0.05) is 13.0 Å². The van der Waals surface area contributed by atoms with Crippen molar-refractivity contribution in [2.24, 2.45) is 0 Å². The number of halogens is 1. The minimum atomic E-state index is -1.17.